The third-order valence-corrected chi connectivity index (χ3v) is 4.51. The van der Waals surface area contributed by atoms with Crippen molar-refractivity contribution in [2.24, 2.45) is 0 Å². The van der Waals surface area contributed by atoms with Gasteiger partial charge in [0.1, 0.15) is 10.6 Å². The zero-order valence-electron chi connectivity index (χ0n) is 12.9. The number of aromatic nitrogens is 2. The molecule has 0 radical (unpaired) electrons. The van der Waals surface area contributed by atoms with Gasteiger partial charge in [0.05, 0.1) is 12.5 Å². The van der Waals surface area contributed by atoms with Crippen LogP contribution >= 0.6 is 11.3 Å². The van der Waals surface area contributed by atoms with E-state index in [1.54, 1.807) is 13.2 Å². The van der Waals surface area contributed by atoms with Gasteiger partial charge in [0, 0.05) is 11.3 Å². The number of carbonyl (C=O) groups excluding carboxylic acids is 1. The van der Waals surface area contributed by atoms with Gasteiger partial charge in [0.2, 0.25) is 0 Å². The van der Waals surface area contributed by atoms with E-state index in [2.05, 4.69) is 9.97 Å². The lowest BCUT2D eigenvalue weighted by Crippen LogP contribution is -2.15. The first-order chi connectivity index (χ1) is 11.1. The molecule has 0 amide bonds. The molecular formula is C17H16N2O3S. The maximum Gasteiger partial charge on any atom is 0.260 e. The molecule has 2 heterocycles. The van der Waals surface area contributed by atoms with Crippen LogP contribution in [0.4, 0.5) is 0 Å². The molecule has 0 aliphatic heterocycles. The van der Waals surface area contributed by atoms with E-state index in [0.29, 0.717) is 16.6 Å². The van der Waals surface area contributed by atoms with E-state index >= 15 is 0 Å². The lowest BCUT2D eigenvalue weighted by Gasteiger charge is -2.04. The maximum atomic E-state index is 12.3. The molecule has 0 spiro atoms. The van der Waals surface area contributed by atoms with Crippen LogP contribution in [0.3, 0.4) is 0 Å². The molecule has 6 heteroatoms. The largest absolute Gasteiger partial charge is 0.497 e. The first-order valence-electron chi connectivity index (χ1n) is 7.23. The number of aromatic amines is 1. The molecule has 3 rings (SSSR count). The van der Waals surface area contributed by atoms with E-state index < -0.39 is 0 Å². The molecule has 1 aromatic carbocycles. The average molecular weight is 328 g/mol. The number of thiophene rings is 1. The molecule has 1 N–H and O–H groups in total. The Kier molecular flexibility index (Phi) is 4.25. The number of hydrogen-bond donors (Lipinski definition) is 1. The summed E-state index contributed by atoms with van der Waals surface area (Å²) in [7, 11) is 1.61. The second-order valence-electron chi connectivity index (χ2n) is 5.27. The van der Waals surface area contributed by atoms with Crippen LogP contribution in [0.5, 0.6) is 5.75 Å². The minimum absolute atomic E-state index is 0.132. The van der Waals surface area contributed by atoms with E-state index in [-0.39, 0.29) is 23.6 Å². The molecule has 3 aromatic rings. The first-order valence-corrected chi connectivity index (χ1v) is 8.05. The number of ether oxygens (including phenoxy) is 1. The van der Waals surface area contributed by atoms with Gasteiger partial charge in [0.25, 0.3) is 5.56 Å². The Labute approximate surface area is 137 Å². The maximum absolute atomic E-state index is 12.3. The highest BCUT2D eigenvalue weighted by atomic mass is 32.1. The lowest BCUT2D eigenvalue weighted by atomic mass is 10.1. The van der Waals surface area contributed by atoms with E-state index in [9.17, 15) is 9.59 Å². The fourth-order valence-corrected chi connectivity index (χ4v) is 3.27. The summed E-state index contributed by atoms with van der Waals surface area (Å²) < 4.78 is 5.17. The number of hydrogen-bond acceptors (Lipinski definition) is 5. The van der Waals surface area contributed by atoms with Crippen molar-refractivity contribution in [2.45, 2.75) is 19.8 Å². The third kappa shape index (κ3) is 3.32. The number of methoxy groups -OCH3 is 1. The predicted octanol–water partition coefficient (Wildman–Crippen LogP) is 3.12. The van der Waals surface area contributed by atoms with Crippen LogP contribution in [0.1, 0.15) is 27.5 Å². The summed E-state index contributed by atoms with van der Waals surface area (Å²) in [5, 5.41) is 0.539. The summed E-state index contributed by atoms with van der Waals surface area (Å²) in [5.41, 5.74) is 0.747. The zero-order chi connectivity index (χ0) is 16.4. The number of carbonyl (C=O) groups is 1. The van der Waals surface area contributed by atoms with Gasteiger partial charge in [-0.05, 0) is 37.1 Å². The van der Waals surface area contributed by atoms with Crippen LogP contribution in [0.25, 0.3) is 10.2 Å². The Bertz CT molecular complexity index is 927. The van der Waals surface area contributed by atoms with Crippen LogP contribution < -0.4 is 10.3 Å². The van der Waals surface area contributed by atoms with Crippen LogP contribution in [-0.2, 0) is 6.42 Å². The van der Waals surface area contributed by atoms with Gasteiger partial charge in [-0.3, -0.25) is 9.59 Å². The van der Waals surface area contributed by atoms with Gasteiger partial charge in [-0.1, -0.05) is 12.1 Å². The molecule has 23 heavy (non-hydrogen) atoms. The number of aryl methyl sites for hydroxylation is 2. The Morgan fingerprint density at radius 1 is 1.35 bits per heavy atom. The van der Waals surface area contributed by atoms with Crippen LogP contribution in [-0.4, -0.2) is 22.9 Å². The minimum Gasteiger partial charge on any atom is -0.497 e. The van der Waals surface area contributed by atoms with Crippen LogP contribution in [0.2, 0.25) is 0 Å². The highest BCUT2D eigenvalue weighted by Gasteiger charge is 2.13. The van der Waals surface area contributed by atoms with Gasteiger partial charge < -0.3 is 9.72 Å². The molecule has 0 aliphatic rings. The molecule has 0 atom stereocenters. The van der Waals surface area contributed by atoms with Crippen LogP contribution in [0.15, 0.2) is 35.1 Å². The summed E-state index contributed by atoms with van der Waals surface area (Å²) in [4.78, 5) is 32.8. The van der Waals surface area contributed by atoms with Crippen molar-refractivity contribution in [3.63, 3.8) is 0 Å². The van der Waals surface area contributed by atoms with Gasteiger partial charge >= 0.3 is 0 Å². The topological polar surface area (TPSA) is 72.0 Å². The second-order valence-corrected chi connectivity index (χ2v) is 6.50. The molecule has 0 unspecified atom stereocenters. The fraction of sp³-hybridized carbons (Fsp3) is 0.235. The predicted molar refractivity (Wildman–Crippen MR) is 90.6 cm³/mol. The van der Waals surface area contributed by atoms with Crippen LogP contribution in [0, 0.1) is 6.92 Å². The number of fused-ring (bicyclic) bond motifs is 1. The summed E-state index contributed by atoms with van der Waals surface area (Å²) in [6.45, 7) is 1.91. The number of nitrogens with one attached hydrogen (secondary N) is 1. The van der Waals surface area contributed by atoms with Gasteiger partial charge in [-0.15, -0.1) is 11.3 Å². The molecule has 0 saturated carbocycles. The number of nitrogens with zero attached hydrogens (tertiary/aromatic N) is 1. The Morgan fingerprint density at radius 2 is 2.17 bits per heavy atom. The lowest BCUT2D eigenvalue weighted by molar-refractivity contribution is 0.0973. The minimum atomic E-state index is -0.260. The monoisotopic (exact) mass is 328 g/mol. The molecule has 0 aliphatic carbocycles. The van der Waals surface area contributed by atoms with Crippen molar-refractivity contribution >= 4 is 27.3 Å². The first kappa shape index (κ1) is 15.4. The highest BCUT2D eigenvalue weighted by molar-refractivity contribution is 7.18. The second kappa shape index (κ2) is 6.34. The summed E-state index contributed by atoms with van der Waals surface area (Å²) in [5.74, 6) is 0.724. The molecular weight excluding hydrogens is 312 g/mol. The number of H-pyrrole nitrogens is 1. The summed E-state index contributed by atoms with van der Waals surface area (Å²) in [6.07, 6.45) is 0.854. The molecule has 0 bridgehead atoms. The van der Waals surface area contributed by atoms with Crippen molar-refractivity contribution in [3.05, 3.63) is 57.0 Å². The third-order valence-electron chi connectivity index (χ3n) is 3.56. The van der Waals surface area contributed by atoms with Gasteiger partial charge in [-0.2, -0.15) is 0 Å². The van der Waals surface area contributed by atoms with Crippen molar-refractivity contribution in [3.8, 4) is 5.75 Å². The van der Waals surface area contributed by atoms with E-state index in [4.69, 9.17) is 4.74 Å². The summed E-state index contributed by atoms with van der Waals surface area (Å²) in [6, 6.07) is 9.38. The standard InChI is InChI=1S/C17H16N2O3S/c1-10-8-13-16(21)18-15(19-17(13)23-10)14(20)7-6-11-4-3-5-12(9-11)22-2/h3-5,8-9H,6-7H2,1-2H3,(H,18,19,21). The fourth-order valence-electron chi connectivity index (χ4n) is 2.39. The highest BCUT2D eigenvalue weighted by Crippen LogP contribution is 2.20. The summed E-state index contributed by atoms with van der Waals surface area (Å²) >= 11 is 1.42. The molecule has 0 fully saturated rings. The van der Waals surface area contributed by atoms with E-state index in [0.717, 1.165) is 16.2 Å². The SMILES string of the molecule is COc1cccc(CCC(=O)c2nc3sc(C)cc3c(=O)[nH]2)c1. The van der Waals surface area contributed by atoms with Gasteiger partial charge in [0.15, 0.2) is 11.6 Å². The Morgan fingerprint density at radius 3 is 2.96 bits per heavy atom. The Balaban J connectivity index is 1.79. The number of Topliss-reactive ketones (excluding diaryl/α,β-unsaturated/α-hetero) is 1. The van der Waals surface area contributed by atoms with Crippen molar-refractivity contribution in [1.82, 2.24) is 9.97 Å². The molecule has 118 valence electrons. The molecule has 5 nitrogen and oxygen atoms in total. The van der Waals surface area contributed by atoms with Gasteiger partial charge in [-0.25, -0.2) is 4.98 Å². The number of rotatable bonds is 5. The quantitative estimate of drug-likeness (QED) is 0.731. The molecule has 2 aromatic heterocycles. The normalized spacial score (nSPS) is 10.9. The van der Waals surface area contributed by atoms with Crippen molar-refractivity contribution < 1.29 is 9.53 Å². The number of ketones is 1. The number of benzene rings is 1. The average Bonchev–Trinajstić information content (AvgIpc) is 2.93. The van der Waals surface area contributed by atoms with E-state index in [1.807, 2.05) is 31.2 Å². The van der Waals surface area contributed by atoms with E-state index in [1.165, 1.54) is 11.3 Å². The molecule has 0 saturated heterocycles. The Hall–Kier alpha value is -2.47. The smallest absolute Gasteiger partial charge is 0.260 e. The van der Waals surface area contributed by atoms with Crippen molar-refractivity contribution in [2.75, 3.05) is 7.11 Å². The zero-order valence-corrected chi connectivity index (χ0v) is 13.7. The van der Waals surface area contributed by atoms with Crippen molar-refractivity contribution in [1.29, 1.82) is 0 Å².